The number of esters is 2. The second kappa shape index (κ2) is 39.9. The van der Waals surface area contributed by atoms with Gasteiger partial charge in [-0.1, -0.05) is 152 Å². The summed E-state index contributed by atoms with van der Waals surface area (Å²) in [5.74, 6) is -1.11. The zero-order chi connectivity index (χ0) is 44.6. The third-order valence-corrected chi connectivity index (χ3v) is 10.8. The average Bonchev–Trinajstić information content (AvgIpc) is 3.21. The fourth-order valence-electron chi connectivity index (χ4n) is 5.79. The first-order valence-corrected chi connectivity index (χ1v) is 25.4. The van der Waals surface area contributed by atoms with Crippen molar-refractivity contribution in [2.75, 3.05) is 26.4 Å². The summed E-state index contributed by atoms with van der Waals surface area (Å²) in [7, 11) is -9.70. The number of phosphoric ester groups is 2. The SMILES string of the molecule is CCCCCCCCCCCCCCCCCC(=O)O[C@H](COC(=O)CCC/C=C\C/C=C\C/C=C\C/C=C\CC[C@@H](O)CC)COP(=O)(O)OC[C@@H](O)COP(=O)(O)O. The summed E-state index contributed by atoms with van der Waals surface area (Å²) in [6, 6.07) is 0. The van der Waals surface area contributed by atoms with Crippen LogP contribution >= 0.6 is 15.6 Å². The molecular formula is C44H80O14P2. The van der Waals surface area contributed by atoms with E-state index in [0.717, 1.165) is 57.8 Å². The maximum Gasteiger partial charge on any atom is 0.472 e. The molecule has 0 aromatic rings. The monoisotopic (exact) mass is 895 g/mol. The molecule has 0 fully saturated rings. The molecule has 4 atom stereocenters. The Kier molecular flexibility index (Phi) is 38.6. The van der Waals surface area contributed by atoms with E-state index in [0.29, 0.717) is 19.3 Å². The summed E-state index contributed by atoms with van der Waals surface area (Å²) in [5.41, 5.74) is 0. The number of aliphatic hydroxyl groups is 2. The number of phosphoric acid groups is 2. The van der Waals surface area contributed by atoms with E-state index in [-0.39, 0.29) is 18.9 Å². The third kappa shape index (κ3) is 42.7. The van der Waals surface area contributed by atoms with E-state index in [2.05, 4.69) is 52.4 Å². The van der Waals surface area contributed by atoms with Gasteiger partial charge in [0.15, 0.2) is 6.10 Å². The van der Waals surface area contributed by atoms with Gasteiger partial charge in [0, 0.05) is 12.8 Å². The highest BCUT2D eigenvalue weighted by Gasteiger charge is 2.28. The maximum absolute atomic E-state index is 12.7. The first kappa shape index (κ1) is 58.0. The minimum absolute atomic E-state index is 0.107. The van der Waals surface area contributed by atoms with Crippen LogP contribution in [0.3, 0.4) is 0 Å². The van der Waals surface area contributed by atoms with Gasteiger partial charge in [-0.25, -0.2) is 9.13 Å². The van der Waals surface area contributed by atoms with Gasteiger partial charge in [0.2, 0.25) is 0 Å². The van der Waals surface area contributed by atoms with Crippen LogP contribution < -0.4 is 0 Å². The standard InChI is InChI=1S/C44H80O14P2/c1-3-5-6-7-8-9-10-11-12-17-20-23-26-29-32-35-44(48)58-42(39-57-60(52,53)56-37-41(46)36-55-59(49,50)51)38-54-43(47)34-31-28-25-22-19-16-14-13-15-18-21-24-27-30-33-40(45)4-2/h14-16,18,22,24-25,27,40-42,45-46H,3-13,17,19-21,23,26,28-39H2,1-2H3,(H,52,53)(H2,49,50,51)/b16-14-,18-15-,25-22-,27-24-/t40-,41-,42+/m0/s1. The molecule has 0 radical (unpaired) electrons. The van der Waals surface area contributed by atoms with E-state index in [4.69, 9.17) is 23.8 Å². The lowest BCUT2D eigenvalue weighted by Crippen LogP contribution is -2.30. The molecule has 0 aliphatic rings. The van der Waals surface area contributed by atoms with Crippen molar-refractivity contribution in [3.63, 3.8) is 0 Å². The van der Waals surface area contributed by atoms with Gasteiger partial charge >= 0.3 is 27.6 Å². The fourth-order valence-corrected chi connectivity index (χ4v) is 6.95. The molecule has 0 amide bonds. The molecule has 1 unspecified atom stereocenters. The van der Waals surface area contributed by atoms with Crippen molar-refractivity contribution in [2.24, 2.45) is 0 Å². The number of rotatable bonds is 42. The summed E-state index contributed by atoms with van der Waals surface area (Å²) < 4.78 is 47.7. The Morgan fingerprint density at radius 2 is 0.967 bits per heavy atom. The van der Waals surface area contributed by atoms with Crippen molar-refractivity contribution in [3.05, 3.63) is 48.6 Å². The second-order valence-electron chi connectivity index (χ2n) is 15.1. The minimum atomic E-state index is -4.87. The molecule has 0 saturated heterocycles. The van der Waals surface area contributed by atoms with Crippen LogP contribution in [0.5, 0.6) is 0 Å². The molecule has 60 heavy (non-hydrogen) atoms. The van der Waals surface area contributed by atoms with Crippen LogP contribution in [0.25, 0.3) is 0 Å². The Balaban J connectivity index is 4.59. The van der Waals surface area contributed by atoms with Crippen LogP contribution in [0.15, 0.2) is 48.6 Å². The minimum Gasteiger partial charge on any atom is -0.462 e. The molecule has 350 valence electrons. The lowest BCUT2D eigenvalue weighted by Gasteiger charge is -2.20. The fraction of sp³-hybridized carbons (Fsp3) is 0.773. The molecule has 0 aromatic heterocycles. The Morgan fingerprint density at radius 1 is 0.517 bits per heavy atom. The van der Waals surface area contributed by atoms with Crippen molar-refractivity contribution in [1.82, 2.24) is 0 Å². The maximum atomic E-state index is 12.7. The van der Waals surface area contributed by atoms with Crippen LogP contribution in [-0.2, 0) is 41.8 Å². The van der Waals surface area contributed by atoms with E-state index < -0.39 is 66.2 Å². The zero-order valence-corrected chi connectivity index (χ0v) is 38.5. The largest absolute Gasteiger partial charge is 0.472 e. The van der Waals surface area contributed by atoms with Gasteiger partial charge in [0.1, 0.15) is 12.7 Å². The number of hydrogen-bond acceptors (Lipinski definition) is 11. The number of hydrogen-bond donors (Lipinski definition) is 5. The van der Waals surface area contributed by atoms with Gasteiger partial charge in [-0.15, -0.1) is 0 Å². The number of ether oxygens (including phenoxy) is 2. The number of carbonyl (C=O) groups excluding carboxylic acids is 2. The molecule has 0 spiro atoms. The topological polar surface area (TPSA) is 216 Å². The highest BCUT2D eigenvalue weighted by molar-refractivity contribution is 7.47. The number of aliphatic hydroxyl groups excluding tert-OH is 2. The molecule has 0 aromatic carbocycles. The smallest absolute Gasteiger partial charge is 0.462 e. The molecule has 14 nitrogen and oxygen atoms in total. The van der Waals surface area contributed by atoms with E-state index in [9.17, 15) is 33.8 Å². The quantitative estimate of drug-likeness (QED) is 0.0167. The van der Waals surface area contributed by atoms with Crippen molar-refractivity contribution in [1.29, 1.82) is 0 Å². The number of carbonyl (C=O) groups is 2. The van der Waals surface area contributed by atoms with Gasteiger partial charge in [0.25, 0.3) is 0 Å². The summed E-state index contributed by atoms with van der Waals surface area (Å²) in [5, 5.41) is 19.3. The first-order valence-electron chi connectivity index (χ1n) is 22.4. The number of unbranched alkanes of at least 4 members (excludes halogenated alkanes) is 15. The van der Waals surface area contributed by atoms with E-state index in [1.165, 1.54) is 70.6 Å². The zero-order valence-electron chi connectivity index (χ0n) is 36.7. The van der Waals surface area contributed by atoms with E-state index >= 15 is 0 Å². The molecular weight excluding hydrogens is 814 g/mol. The van der Waals surface area contributed by atoms with E-state index in [1.807, 2.05) is 19.1 Å². The molecule has 0 heterocycles. The van der Waals surface area contributed by atoms with Gasteiger partial charge < -0.3 is 34.4 Å². The van der Waals surface area contributed by atoms with Crippen LogP contribution in [0, 0.1) is 0 Å². The van der Waals surface area contributed by atoms with Crippen LogP contribution in [0.2, 0.25) is 0 Å². The summed E-state index contributed by atoms with van der Waals surface area (Å²) in [6.07, 6.45) is 37.6. The van der Waals surface area contributed by atoms with Crippen molar-refractivity contribution in [2.45, 2.75) is 193 Å². The third-order valence-electron chi connectivity index (χ3n) is 9.37. The average molecular weight is 895 g/mol. The Bertz CT molecular complexity index is 1270. The lowest BCUT2D eigenvalue weighted by atomic mass is 10.0. The first-order chi connectivity index (χ1) is 28.8. The number of allylic oxidation sites excluding steroid dienone is 8. The summed E-state index contributed by atoms with van der Waals surface area (Å²) in [4.78, 5) is 52.7. The van der Waals surface area contributed by atoms with Crippen LogP contribution in [-0.4, -0.2) is 81.6 Å². The summed E-state index contributed by atoms with van der Waals surface area (Å²) >= 11 is 0. The van der Waals surface area contributed by atoms with Gasteiger partial charge in [-0.2, -0.15) is 0 Å². The Morgan fingerprint density at radius 3 is 1.48 bits per heavy atom. The van der Waals surface area contributed by atoms with Crippen molar-refractivity contribution >= 4 is 27.6 Å². The molecule has 0 rings (SSSR count). The van der Waals surface area contributed by atoms with Crippen molar-refractivity contribution < 1.29 is 66.7 Å². The molecule has 0 bridgehead atoms. The van der Waals surface area contributed by atoms with E-state index in [1.54, 1.807) is 0 Å². The highest BCUT2D eigenvalue weighted by atomic mass is 31.2. The predicted molar refractivity (Wildman–Crippen MR) is 236 cm³/mol. The second-order valence-corrected chi connectivity index (χ2v) is 17.8. The molecule has 0 aliphatic carbocycles. The predicted octanol–water partition coefficient (Wildman–Crippen LogP) is 10.4. The van der Waals surface area contributed by atoms with Crippen LogP contribution in [0.4, 0.5) is 0 Å². The molecule has 0 aliphatic heterocycles. The molecule has 0 saturated carbocycles. The van der Waals surface area contributed by atoms with Gasteiger partial charge in [-0.3, -0.25) is 23.2 Å². The molecule has 5 N–H and O–H groups in total. The highest BCUT2D eigenvalue weighted by Crippen LogP contribution is 2.43. The summed E-state index contributed by atoms with van der Waals surface area (Å²) in [6.45, 7) is 1.42. The lowest BCUT2D eigenvalue weighted by molar-refractivity contribution is -0.161. The van der Waals surface area contributed by atoms with Crippen molar-refractivity contribution in [3.8, 4) is 0 Å². The molecule has 16 heteroatoms. The Hall–Kier alpha value is -1.96. The Labute approximate surface area is 361 Å². The van der Waals surface area contributed by atoms with Crippen LogP contribution in [0.1, 0.15) is 174 Å². The normalized spacial score (nSPS) is 15.0. The van der Waals surface area contributed by atoms with Gasteiger partial charge in [-0.05, 0) is 57.8 Å². The van der Waals surface area contributed by atoms with Gasteiger partial charge in [0.05, 0.1) is 25.9 Å².